The fourth-order valence-corrected chi connectivity index (χ4v) is 2.85. The molecule has 3 aromatic carbocycles. The second-order valence-corrected chi connectivity index (χ2v) is 5.62. The Morgan fingerprint density at radius 3 is 2.42 bits per heavy atom. The van der Waals surface area contributed by atoms with E-state index in [-0.39, 0.29) is 5.91 Å². The van der Waals surface area contributed by atoms with E-state index in [0.717, 1.165) is 21.7 Å². The molecule has 4 rings (SSSR count). The number of nitrogens with two attached hydrogens (primary N) is 1. The van der Waals surface area contributed by atoms with Crippen LogP contribution in [0.25, 0.3) is 21.7 Å². The number of amides is 1. The van der Waals surface area contributed by atoms with Gasteiger partial charge < -0.3 is 11.1 Å². The van der Waals surface area contributed by atoms with Crippen molar-refractivity contribution >= 4 is 39.0 Å². The highest BCUT2D eigenvalue weighted by Gasteiger charge is 2.13. The molecule has 116 valence electrons. The minimum absolute atomic E-state index is 0.239. The highest BCUT2D eigenvalue weighted by atomic mass is 16.1. The summed E-state index contributed by atoms with van der Waals surface area (Å²) in [5, 5.41) is 5.89. The summed E-state index contributed by atoms with van der Waals surface area (Å²) in [4.78, 5) is 17.1. The van der Waals surface area contributed by atoms with Crippen molar-refractivity contribution in [1.29, 1.82) is 0 Å². The highest BCUT2D eigenvalue weighted by Crippen LogP contribution is 2.25. The van der Waals surface area contributed by atoms with Gasteiger partial charge in [-0.05, 0) is 35.0 Å². The van der Waals surface area contributed by atoms with Crippen molar-refractivity contribution in [2.75, 3.05) is 11.1 Å². The molecule has 3 N–H and O–H groups in total. The van der Waals surface area contributed by atoms with Gasteiger partial charge in [0.05, 0.1) is 16.8 Å². The summed E-state index contributed by atoms with van der Waals surface area (Å²) in [6, 6.07) is 21.0. The fraction of sp³-hybridized carbons (Fsp3) is 0. The second-order valence-electron chi connectivity index (χ2n) is 5.62. The number of anilines is 2. The van der Waals surface area contributed by atoms with Crippen LogP contribution in [0.1, 0.15) is 10.4 Å². The van der Waals surface area contributed by atoms with E-state index in [0.29, 0.717) is 16.9 Å². The van der Waals surface area contributed by atoms with Crippen LogP contribution in [0.15, 0.2) is 72.9 Å². The number of benzene rings is 3. The van der Waals surface area contributed by atoms with Gasteiger partial charge in [0.2, 0.25) is 0 Å². The van der Waals surface area contributed by atoms with Gasteiger partial charge in [-0.15, -0.1) is 0 Å². The van der Waals surface area contributed by atoms with Crippen LogP contribution < -0.4 is 11.1 Å². The summed E-state index contributed by atoms with van der Waals surface area (Å²) in [5.41, 5.74) is 8.42. The van der Waals surface area contributed by atoms with Crippen molar-refractivity contribution in [2.24, 2.45) is 0 Å². The molecule has 1 amide bonds. The number of fused-ring (bicyclic) bond motifs is 2. The molecule has 0 unspecified atom stereocenters. The fourth-order valence-electron chi connectivity index (χ4n) is 2.85. The Morgan fingerprint density at radius 1 is 0.875 bits per heavy atom. The lowest BCUT2D eigenvalue weighted by atomic mass is 10.0. The number of nitrogen functional groups attached to an aromatic ring is 1. The van der Waals surface area contributed by atoms with Gasteiger partial charge in [-0.1, -0.05) is 42.5 Å². The lowest BCUT2D eigenvalue weighted by molar-refractivity contribution is 0.102. The quantitative estimate of drug-likeness (QED) is 0.544. The number of nitrogens with zero attached hydrogens (tertiary/aromatic N) is 1. The van der Waals surface area contributed by atoms with Crippen LogP contribution in [-0.4, -0.2) is 10.9 Å². The maximum absolute atomic E-state index is 12.7. The third-order valence-electron chi connectivity index (χ3n) is 4.04. The van der Waals surface area contributed by atoms with Crippen molar-refractivity contribution in [3.05, 3.63) is 78.5 Å². The van der Waals surface area contributed by atoms with E-state index in [9.17, 15) is 4.79 Å². The SMILES string of the molecule is Nc1cc2ccccc2cc1C(=O)Nc1cccc2cccnc12. The van der Waals surface area contributed by atoms with Crippen molar-refractivity contribution < 1.29 is 4.79 Å². The molecule has 0 aliphatic rings. The first kappa shape index (κ1) is 14.2. The third-order valence-corrected chi connectivity index (χ3v) is 4.04. The van der Waals surface area contributed by atoms with Crippen LogP contribution in [0.4, 0.5) is 11.4 Å². The number of pyridine rings is 1. The lowest BCUT2D eigenvalue weighted by Crippen LogP contribution is -2.14. The normalized spacial score (nSPS) is 10.8. The number of carbonyl (C=O) groups is 1. The Labute approximate surface area is 138 Å². The molecule has 0 saturated carbocycles. The van der Waals surface area contributed by atoms with E-state index in [1.54, 1.807) is 6.20 Å². The van der Waals surface area contributed by atoms with E-state index in [4.69, 9.17) is 5.73 Å². The summed E-state index contributed by atoms with van der Waals surface area (Å²) < 4.78 is 0. The molecular weight excluding hydrogens is 298 g/mol. The number of para-hydroxylation sites is 1. The number of nitrogens with one attached hydrogen (secondary N) is 1. The van der Waals surface area contributed by atoms with Crippen LogP contribution in [0.2, 0.25) is 0 Å². The molecule has 0 atom stereocenters. The van der Waals surface area contributed by atoms with E-state index in [2.05, 4.69) is 10.3 Å². The number of aromatic nitrogens is 1. The van der Waals surface area contributed by atoms with Crippen LogP contribution in [-0.2, 0) is 0 Å². The molecule has 0 aliphatic heterocycles. The van der Waals surface area contributed by atoms with Crippen molar-refractivity contribution in [1.82, 2.24) is 4.98 Å². The van der Waals surface area contributed by atoms with E-state index in [1.807, 2.05) is 66.7 Å². The summed E-state index contributed by atoms with van der Waals surface area (Å²) in [6.45, 7) is 0. The van der Waals surface area contributed by atoms with Gasteiger partial charge in [-0.25, -0.2) is 0 Å². The Kier molecular flexibility index (Phi) is 3.35. The maximum Gasteiger partial charge on any atom is 0.257 e. The summed E-state index contributed by atoms with van der Waals surface area (Å²) >= 11 is 0. The largest absolute Gasteiger partial charge is 0.398 e. The number of hydrogen-bond donors (Lipinski definition) is 2. The zero-order valence-corrected chi connectivity index (χ0v) is 12.9. The van der Waals surface area contributed by atoms with E-state index in [1.165, 1.54) is 0 Å². The molecule has 0 fully saturated rings. The van der Waals surface area contributed by atoms with Crippen LogP contribution in [0.5, 0.6) is 0 Å². The van der Waals surface area contributed by atoms with Gasteiger partial charge in [0.15, 0.2) is 0 Å². The molecule has 0 aliphatic carbocycles. The molecule has 4 nitrogen and oxygen atoms in total. The molecule has 1 heterocycles. The van der Waals surface area contributed by atoms with E-state index >= 15 is 0 Å². The Bertz CT molecular complexity index is 1070. The predicted molar refractivity (Wildman–Crippen MR) is 98.1 cm³/mol. The molecule has 4 aromatic rings. The third kappa shape index (κ3) is 2.44. The summed E-state index contributed by atoms with van der Waals surface area (Å²) in [7, 11) is 0. The van der Waals surface area contributed by atoms with E-state index < -0.39 is 0 Å². The Morgan fingerprint density at radius 2 is 1.58 bits per heavy atom. The highest BCUT2D eigenvalue weighted by molar-refractivity contribution is 6.12. The maximum atomic E-state index is 12.7. The molecule has 1 aromatic heterocycles. The Hall–Kier alpha value is -3.40. The minimum atomic E-state index is -0.239. The standard InChI is InChI=1S/C20H15N3O/c21-17-12-15-6-2-1-5-14(15)11-16(17)20(24)23-18-9-3-7-13-8-4-10-22-19(13)18/h1-12H,21H2,(H,23,24). The van der Waals surface area contributed by atoms with Crippen LogP contribution in [0, 0.1) is 0 Å². The lowest BCUT2D eigenvalue weighted by Gasteiger charge is -2.10. The summed E-state index contributed by atoms with van der Waals surface area (Å²) in [5.74, 6) is -0.239. The summed E-state index contributed by atoms with van der Waals surface area (Å²) in [6.07, 6.45) is 1.71. The topological polar surface area (TPSA) is 68.0 Å². The minimum Gasteiger partial charge on any atom is -0.398 e. The van der Waals surface area contributed by atoms with Crippen molar-refractivity contribution in [3.63, 3.8) is 0 Å². The zero-order chi connectivity index (χ0) is 16.5. The molecule has 0 bridgehead atoms. The van der Waals surface area contributed by atoms with Gasteiger partial charge in [0.25, 0.3) is 5.91 Å². The Balaban J connectivity index is 1.75. The number of carbonyl (C=O) groups excluding carboxylic acids is 1. The predicted octanol–water partition coefficient (Wildman–Crippen LogP) is 4.22. The second kappa shape index (κ2) is 5.66. The molecular formula is C20H15N3O. The molecule has 0 radical (unpaired) electrons. The average molecular weight is 313 g/mol. The van der Waals surface area contributed by atoms with Gasteiger partial charge in [0, 0.05) is 17.3 Å². The van der Waals surface area contributed by atoms with Gasteiger partial charge in [-0.2, -0.15) is 0 Å². The van der Waals surface area contributed by atoms with Gasteiger partial charge in [-0.3, -0.25) is 9.78 Å². The number of rotatable bonds is 2. The first-order chi connectivity index (χ1) is 11.7. The van der Waals surface area contributed by atoms with Crippen LogP contribution >= 0.6 is 0 Å². The van der Waals surface area contributed by atoms with Crippen LogP contribution in [0.3, 0.4) is 0 Å². The van der Waals surface area contributed by atoms with Gasteiger partial charge in [0.1, 0.15) is 0 Å². The first-order valence-electron chi connectivity index (χ1n) is 7.66. The molecule has 0 spiro atoms. The van der Waals surface area contributed by atoms with Crippen molar-refractivity contribution in [3.8, 4) is 0 Å². The van der Waals surface area contributed by atoms with Crippen molar-refractivity contribution in [2.45, 2.75) is 0 Å². The van der Waals surface area contributed by atoms with Gasteiger partial charge >= 0.3 is 0 Å². The molecule has 0 saturated heterocycles. The molecule has 4 heteroatoms. The zero-order valence-electron chi connectivity index (χ0n) is 12.9. The number of hydrogen-bond acceptors (Lipinski definition) is 3. The molecule has 24 heavy (non-hydrogen) atoms. The monoisotopic (exact) mass is 313 g/mol. The first-order valence-corrected chi connectivity index (χ1v) is 7.66. The smallest absolute Gasteiger partial charge is 0.257 e. The average Bonchev–Trinajstić information content (AvgIpc) is 2.61.